The fourth-order valence-corrected chi connectivity index (χ4v) is 5.32. The number of alkyl halides is 5. The number of halogens is 6. The Hall–Kier alpha value is -2.96. The standard InChI is InChI=1S/C31H32F6O/c1-2-3-4-7-21-10-12-22(13-11-21)23-14-17-25(18-15-23)31(36,37)38-29-9-6-5-8-26(29)24-16-19-27(28(32)20-24)30(33,34)35/h5-6,8-9,14-22H,2-4,7,10-13H2,1H3. The SMILES string of the molecule is CCCCCC1CCC(c2ccc(C(F)(F)Oc3ccccc3-c3ccc(C(F)(F)F)c(F)c3)cc2)CC1. The molecule has 3 aromatic carbocycles. The minimum Gasteiger partial charge on any atom is -0.428 e. The van der Waals surface area contributed by atoms with Crippen LogP contribution >= 0.6 is 0 Å². The number of para-hydroxylation sites is 1. The fraction of sp³-hybridized carbons (Fsp3) is 0.419. The predicted octanol–water partition coefficient (Wildman–Crippen LogP) is 10.5. The largest absolute Gasteiger partial charge is 0.428 e. The van der Waals surface area contributed by atoms with E-state index in [0.29, 0.717) is 18.1 Å². The lowest BCUT2D eigenvalue weighted by Gasteiger charge is -2.29. The van der Waals surface area contributed by atoms with Crippen molar-refractivity contribution in [2.75, 3.05) is 0 Å². The Morgan fingerprint density at radius 3 is 2.13 bits per heavy atom. The van der Waals surface area contributed by atoms with Gasteiger partial charge in [-0.25, -0.2) is 4.39 Å². The summed E-state index contributed by atoms with van der Waals surface area (Å²) in [4.78, 5) is 0. The van der Waals surface area contributed by atoms with Crippen LogP contribution in [0.1, 0.15) is 80.9 Å². The van der Waals surface area contributed by atoms with E-state index in [0.717, 1.165) is 43.2 Å². The maximum Gasteiger partial charge on any atom is 0.426 e. The smallest absolute Gasteiger partial charge is 0.426 e. The van der Waals surface area contributed by atoms with Crippen molar-refractivity contribution in [2.45, 2.75) is 76.5 Å². The molecule has 0 saturated heterocycles. The third kappa shape index (κ3) is 6.72. The summed E-state index contributed by atoms with van der Waals surface area (Å²) in [5.74, 6) is -0.631. The van der Waals surface area contributed by atoms with Gasteiger partial charge in [-0.15, -0.1) is 0 Å². The Morgan fingerprint density at radius 2 is 1.50 bits per heavy atom. The molecule has 0 unspecified atom stereocenters. The highest BCUT2D eigenvalue weighted by atomic mass is 19.4. The number of hydrogen-bond donors (Lipinski definition) is 0. The molecule has 0 N–H and O–H groups in total. The van der Waals surface area contributed by atoms with Crippen molar-refractivity contribution in [2.24, 2.45) is 5.92 Å². The Morgan fingerprint density at radius 1 is 0.816 bits per heavy atom. The zero-order valence-corrected chi connectivity index (χ0v) is 21.3. The lowest BCUT2D eigenvalue weighted by atomic mass is 9.77. The molecule has 0 spiro atoms. The van der Waals surface area contributed by atoms with Crippen LogP contribution in [0, 0.1) is 11.7 Å². The molecule has 1 saturated carbocycles. The van der Waals surface area contributed by atoms with Crippen LogP contribution in [0.3, 0.4) is 0 Å². The van der Waals surface area contributed by atoms with Crippen LogP contribution < -0.4 is 4.74 Å². The Bertz CT molecular complexity index is 1190. The van der Waals surface area contributed by atoms with Gasteiger partial charge in [0.2, 0.25) is 0 Å². The highest BCUT2D eigenvalue weighted by Gasteiger charge is 2.36. The van der Waals surface area contributed by atoms with Gasteiger partial charge in [-0.1, -0.05) is 69.0 Å². The summed E-state index contributed by atoms with van der Waals surface area (Å²) < 4.78 is 88.3. The fourth-order valence-electron chi connectivity index (χ4n) is 5.32. The molecule has 1 fully saturated rings. The molecule has 1 nitrogen and oxygen atoms in total. The van der Waals surface area contributed by atoms with E-state index in [9.17, 15) is 17.6 Å². The topological polar surface area (TPSA) is 9.23 Å². The monoisotopic (exact) mass is 534 g/mol. The van der Waals surface area contributed by atoms with Crippen molar-refractivity contribution in [3.8, 4) is 16.9 Å². The molecule has 4 rings (SSSR count). The van der Waals surface area contributed by atoms with E-state index in [2.05, 4.69) is 6.92 Å². The van der Waals surface area contributed by atoms with Crippen LogP contribution in [0.4, 0.5) is 26.3 Å². The zero-order valence-electron chi connectivity index (χ0n) is 21.3. The van der Waals surface area contributed by atoms with Gasteiger partial charge in [0.15, 0.2) is 0 Å². The Labute approximate surface area is 219 Å². The number of ether oxygens (including phenoxy) is 1. The van der Waals surface area contributed by atoms with Crippen molar-refractivity contribution >= 4 is 0 Å². The van der Waals surface area contributed by atoms with E-state index >= 15 is 8.78 Å². The van der Waals surface area contributed by atoms with Crippen molar-refractivity contribution in [1.29, 1.82) is 0 Å². The van der Waals surface area contributed by atoms with Crippen molar-refractivity contribution in [1.82, 2.24) is 0 Å². The van der Waals surface area contributed by atoms with Gasteiger partial charge in [0, 0.05) is 5.56 Å². The molecule has 0 amide bonds. The van der Waals surface area contributed by atoms with Gasteiger partial charge >= 0.3 is 12.3 Å². The normalized spacial score (nSPS) is 18.4. The van der Waals surface area contributed by atoms with Gasteiger partial charge in [-0.05, 0) is 79.0 Å². The average molecular weight is 535 g/mol. The molecule has 0 aliphatic heterocycles. The number of rotatable bonds is 9. The first kappa shape index (κ1) is 28.1. The lowest BCUT2D eigenvalue weighted by molar-refractivity contribution is -0.185. The van der Waals surface area contributed by atoms with Crippen LogP contribution in [-0.2, 0) is 12.3 Å². The van der Waals surface area contributed by atoms with Gasteiger partial charge in [0.25, 0.3) is 0 Å². The molecule has 0 heterocycles. The summed E-state index contributed by atoms with van der Waals surface area (Å²) in [7, 11) is 0. The maximum absolute atomic E-state index is 15.2. The number of hydrogen-bond acceptors (Lipinski definition) is 1. The minimum atomic E-state index is -4.86. The van der Waals surface area contributed by atoms with E-state index in [-0.39, 0.29) is 22.4 Å². The van der Waals surface area contributed by atoms with E-state index in [1.807, 2.05) is 0 Å². The quantitative estimate of drug-likeness (QED) is 0.196. The van der Waals surface area contributed by atoms with E-state index in [1.54, 1.807) is 12.1 Å². The van der Waals surface area contributed by atoms with Gasteiger partial charge < -0.3 is 4.74 Å². The molecule has 0 aromatic heterocycles. The van der Waals surface area contributed by atoms with Crippen LogP contribution in [-0.4, -0.2) is 0 Å². The van der Waals surface area contributed by atoms with E-state index in [4.69, 9.17) is 4.74 Å². The van der Waals surface area contributed by atoms with Crippen LogP contribution in [0.15, 0.2) is 66.7 Å². The summed E-state index contributed by atoms with van der Waals surface area (Å²) in [5, 5.41) is 0. The third-order valence-electron chi connectivity index (χ3n) is 7.49. The van der Waals surface area contributed by atoms with Crippen molar-refractivity contribution in [3.63, 3.8) is 0 Å². The van der Waals surface area contributed by atoms with Crippen molar-refractivity contribution < 1.29 is 31.1 Å². The molecule has 0 bridgehead atoms. The summed E-state index contributed by atoms with van der Waals surface area (Å²) in [6.45, 7) is 2.20. The zero-order chi connectivity index (χ0) is 27.3. The molecule has 1 aliphatic rings. The summed E-state index contributed by atoms with van der Waals surface area (Å²) in [6, 6.07) is 14.2. The van der Waals surface area contributed by atoms with E-state index < -0.39 is 23.7 Å². The second-order valence-corrected chi connectivity index (χ2v) is 10.1. The maximum atomic E-state index is 15.2. The predicted molar refractivity (Wildman–Crippen MR) is 137 cm³/mol. The molecule has 1 aliphatic carbocycles. The van der Waals surface area contributed by atoms with Gasteiger partial charge in [-0.2, -0.15) is 22.0 Å². The number of benzene rings is 3. The highest BCUT2D eigenvalue weighted by molar-refractivity contribution is 5.70. The van der Waals surface area contributed by atoms with Gasteiger partial charge in [0.05, 0.1) is 11.1 Å². The molecular formula is C31H32F6O. The molecule has 0 radical (unpaired) electrons. The Kier molecular flexibility index (Phi) is 8.74. The summed E-state index contributed by atoms with van der Waals surface area (Å²) in [6.07, 6.45) is 0.907. The van der Waals surface area contributed by atoms with Crippen molar-refractivity contribution in [3.05, 3.63) is 89.2 Å². The number of unbranched alkanes of at least 4 members (excludes halogenated alkanes) is 2. The second-order valence-electron chi connectivity index (χ2n) is 10.1. The third-order valence-corrected chi connectivity index (χ3v) is 7.49. The first-order valence-corrected chi connectivity index (χ1v) is 13.2. The lowest BCUT2D eigenvalue weighted by Crippen LogP contribution is -2.22. The molecule has 0 atom stereocenters. The summed E-state index contributed by atoms with van der Waals surface area (Å²) >= 11 is 0. The van der Waals surface area contributed by atoms with Crippen LogP contribution in [0.25, 0.3) is 11.1 Å². The van der Waals surface area contributed by atoms with E-state index in [1.165, 1.54) is 62.1 Å². The second kappa shape index (κ2) is 11.8. The molecule has 7 heteroatoms. The summed E-state index contributed by atoms with van der Waals surface area (Å²) in [5.41, 5.74) is -0.648. The van der Waals surface area contributed by atoms with Gasteiger partial charge in [-0.3, -0.25) is 0 Å². The molecule has 3 aromatic rings. The van der Waals surface area contributed by atoms with Crippen LogP contribution in [0.5, 0.6) is 5.75 Å². The molecule has 204 valence electrons. The Balaban J connectivity index is 1.46. The highest BCUT2D eigenvalue weighted by Crippen LogP contribution is 2.41. The van der Waals surface area contributed by atoms with Gasteiger partial charge in [0.1, 0.15) is 11.6 Å². The average Bonchev–Trinajstić information content (AvgIpc) is 2.89. The van der Waals surface area contributed by atoms with Crippen LogP contribution in [0.2, 0.25) is 0 Å². The molecule has 38 heavy (non-hydrogen) atoms. The minimum absolute atomic E-state index is 0.00236. The first-order chi connectivity index (χ1) is 18.1. The first-order valence-electron chi connectivity index (χ1n) is 13.2. The molecular weight excluding hydrogens is 502 g/mol.